The van der Waals surface area contributed by atoms with Gasteiger partial charge in [0, 0.05) is 18.0 Å². The number of nitrogens with one attached hydrogen (secondary N) is 1. The molecule has 37 heavy (non-hydrogen) atoms. The molecule has 0 saturated heterocycles. The summed E-state index contributed by atoms with van der Waals surface area (Å²) in [6.07, 6.45) is 1.51. The molecule has 0 saturated carbocycles. The smallest absolute Gasteiger partial charge is 0.245 e. The molecule has 1 aromatic heterocycles. The number of aryl methyl sites for hydroxylation is 1. The summed E-state index contributed by atoms with van der Waals surface area (Å²) in [6.45, 7) is 15.1. The number of hydrogen-bond acceptors (Lipinski definition) is 3. The first kappa shape index (κ1) is 28.2. The van der Waals surface area contributed by atoms with Crippen molar-refractivity contribution in [1.82, 2.24) is 14.7 Å². The summed E-state index contributed by atoms with van der Waals surface area (Å²) < 4.78 is 1.80. The monoisotopic (exact) mass is 502 g/mol. The second kappa shape index (κ2) is 12.2. The van der Waals surface area contributed by atoms with Crippen molar-refractivity contribution >= 4 is 17.6 Å². The molecule has 1 atom stereocenters. The van der Waals surface area contributed by atoms with E-state index in [9.17, 15) is 9.59 Å². The maximum Gasteiger partial charge on any atom is 0.245 e. The Balaban J connectivity index is 1.88. The molecule has 0 radical (unpaired) electrons. The molecular formula is C31H42N4O2. The van der Waals surface area contributed by atoms with Crippen LogP contribution in [0.3, 0.4) is 0 Å². The van der Waals surface area contributed by atoms with E-state index in [1.165, 1.54) is 0 Å². The van der Waals surface area contributed by atoms with Crippen LogP contribution in [-0.2, 0) is 15.0 Å². The normalized spacial score (nSPS) is 12.4. The van der Waals surface area contributed by atoms with Gasteiger partial charge in [-0.05, 0) is 42.9 Å². The van der Waals surface area contributed by atoms with Gasteiger partial charge < -0.3 is 10.2 Å². The number of amides is 2. The van der Waals surface area contributed by atoms with E-state index in [1.807, 2.05) is 74.5 Å². The average molecular weight is 503 g/mol. The van der Waals surface area contributed by atoms with E-state index in [4.69, 9.17) is 5.10 Å². The molecule has 198 valence electrons. The third kappa shape index (κ3) is 7.31. The predicted molar refractivity (Wildman–Crippen MR) is 151 cm³/mol. The minimum atomic E-state index is -0.272. The molecule has 0 aliphatic rings. The Hall–Kier alpha value is -3.41. The second-order valence-electron chi connectivity index (χ2n) is 11.2. The lowest BCUT2D eigenvalue weighted by Gasteiger charge is -2.27. The van der Waals surface area contributed by atoms with Crippen LogP contribution in [0, 0.1) is 12.8 Å². The van der Waals surface area contributed by atoms with Crippen LogP contribution in [0.4, 0.5) is 5.82 Å². The first-order valence-corrected chi connectivity index (χ1v) is 13.3. The highest BCUT2D eigenvalue weighted by molar-refractivity contribution is 5.95. The zero-order valence-electron chi connectivity index (χ0n) is 23.4. The average Bonchev–Trinajstić information content (AvgIpc) is 3.27. The van der Waals surface area contributed by atoms with E-state index < -0.39 is 0 Å². The minimum absolute atomic E-state index is 0.00130. The van der Waals surface area contributed by atoms with Gasteiger partial charge in [-0.3, -0.25) is 9.59 Å². The Morgan fingerprint density at radius 3 is 2.27 bits per heavy atom. The SMILES string of the molecule is CCC(C(=O)N(CCC(C)C)CC(=O)Nc1cc(C(C)(C)C)nn1-c1ccccc1C)c1ccccc1. The highest BCUT2D eigenvalue weighted by atomic mass is 16.2. The number of anilines is 1. The van der Waals surface area contributed by atoms with E-state index >= 15 is 0 Å². The first-order chi connectivity index (χ1) is 17.5. The number of para-hydroxylation sites is 1. The standard InChI is InChI=1S/C31H42N4O2/c1-8-25(24-15-10-9-11-16-24)30(37)34(19-18-22(2)3)21-29(36)32-28-20-27(31(5,6)7)33-35(28)26-17-13-12-14-23(26)4/h9-17,20,22,25H,8,18-19,21H2,1-7H3,(H,32,36). The quantitative estimate of drug-likeness (QED) is 0.345. The van der Waals surface area contributed by atoms with Gasteiger partial charge in [-0.2, -0.15) is 5.10 Å². The lowest BCUT2D eigenvalue weighted by molar-refractivity contribution is -0.136. The molecule has 0 fully saturated rings. The number of aromatic nitrogens is 2. The van der Waals surface area contributed by atoms with Crippen LogP contribution in [-0.4, -0.2) is 39.6 Å². The van der Waals surface area contributed by atoms with Gasteiger partial charge in [-0.25, -0.2) is 4.68 Å². The molecule has 2 amide bonds. The molecule has 1 N–H and O–H groups in total. The lowest BCUT2D eigenvalue weighted by atomic mass is 9.92. The Morgan fingerprint density at radius 2 is 1.68 bits per heavy atom. The molecule has 0 aliphatic heterocycles. The van der Waals surface area contributed by atoms with E-state index in [-0.39, 0.29) is 29.7 Å². The number of benzene rings is 2. The van der Waals surface area contributed by atoms with Crippen LogP contribution >= 0.6 is 0 Å². The fourth-order valence-electron chi connectivity index (χ4n) is 4.32. The second-order valence-corrected chi connectivity index (χ2v) is 11.2. The van der Waals surface area contributed by atoms with Crippen LogP contribution in [0.5, 0.6) is 0 Å². The van der Waals surface area contributed by atoms with Gasteiger partial charge in [0.25, 0.3) is 0 Å². The Labute approximate surface area is 222 Å². The fraction of sp³-hybridized carbons (Fsp3) is 0.452. The van der Waals surface area contributed by atoms with Gasteiger partial charge in [0.1, 0.15) is 5.82 Å². The van der Waals surface area contributed by atoms with E-state index in [0.29, 0.717) is 24.7 Å². The Kier molecular flexibility index (Phi) is 9.30. The molecule has 2 aromatic carbocycles. The van der Waals surface area contributed by atoms with Crippen LogP contribution < -0.4 is 5.32 Å². The summed E-state index contributed by atoms with van der Waals surface area (Å²) in [5.74, 6) is 0.524. The van der Waals surface area contributed by atoms with Crippen molar-refractivity contribution in [3.63, 3.8) is 0 Å². The van der Waals surface area contributed by atoms with Gasteiger partial charge in [0.15, 0.2) is 0 Å². The van der Waals surface area contributed by atoms with Crippen molar-refractivity contribution in [1.29, 1.82) is 0 Å². The molecule has 6 nitrogen and oxygen atoms in total. The van der Waals surface area contributed by atoms with Crippen molar-refractivity contribution in [3.05, 3.63) is 77.5 Å². The predicted octanol–water partition coefficient (Wildman–Crippen LogP) is 6.49. The number of hydrogen-bond donors (Lipinski definition) is 1. The molecule has 6 heteroatoms. The van der Waals surface area contributed by atoms with Crippen molar-refractivity contribution in [2.24, 2.45) is 5.92 Å². The first-order valence-electron chi connectivity index (χ1n) is 13.3. The molecule has 1 heterocycles. The van der Waals surface area contributed by atoms with Gasteiger partial charge in [0.05, 0.1) is 23.8 Å². The Morgan fingerprint density at radius 1 is 1.03 bits per heavy atom. The topological polar surface area (TPSA) is 67.2 Å². The van der Waals surface area contributed by atoms with E-state index in [0.717, 1.165) is 28.9 Å². The largest absolute Gasteiger partial charge is 0.333 e. The van der Waals surface area contributed by atoms with Gasteiger partial charge in [-0.15, -0.1) is 0 Å². The third-order valence-electron chi connectivity index (χ3n) is 6.62. The van der Waals surface area contributed by atoms with Crippen LogP contribution in [0.2, 0.25) is 0 Å². The zero-order valence-corrected chi connectivity index (χ0v) is 23.4. The summed E-state index contributed by atoms with van der Waals surface area (Å²) in [7, 11) is 0. The lowest BCUT2D eigenvalue weighted by Crippen LogP contribution is -2.41. The summed E-state index contributed by atoms with van der Waals surface area (Å²) >= 11 is 0. The molecule has 1 unspecified atom stereocenters. The third-order valence-corrected chi connectivity index (χ3v) is 6.62. The Bertz CT molecular complexity index is 1190. The number of rotatable bonds is 10. The summed E-state index contributed by atoms with van der Waals surface area (Å²) in [5.41, 5.74) is 3.66. The number of carbonyl (C=O) groups is 2. The minimum Gasteiger partial charge on any atom is -0.333 e. The van der Waals surface area contributed by atoms with E-state index in [1.54, 1.807) is 9.58 Å². The number of carbonyl (C=O) groups excluding carboxylic acids is 2. The van der Waals surface area contributed by atoms with Crippen LogP contribution in [0.15, 0.2) is 60.7 Å². The van der Waals surface area contributed by atoms with E-state index in [2.05, 4.69) is 39.9 Å². The van der Waals surface area contributed by atoms with Crippen LogP contribution in [0.25, 0.3) is 5.69 Å². The van der Waals surface area contributed by atoms with Crippen molar-refractivity contribution in [2.75, 3.05) is 18.4 Å². The van der Waals surface area contributed by atoms with Crippen molar-refractivity contribution < 1.29 is 9.59 Å². The summed E-state index contributed by atoms with van der Waals surface area (Å²) in [6, 6.07) is 19.7. The van der Waals surface area contributed by atoms with Gasteiger partial charge in [0.2, 0.25) is 11.8 Å². The van der Waals surface area contributed by atoms with Crippen molar-refractivity contribution in [3.8, 4) is 5.69 Å². The van der Waals surface area contributed by atoms with Gasteiger partial charge >= 0.3 is 0 Å². The molecule has 0 bridgehead atoms. The maximum absolute atomic E-state index is 13.7. The molecule has 3 aromatic rings. The number of nitrogens with zero attached hydrogens (tertiary/aromatic N) is 3. The van der Waals surface area contributed by atoms with Crippen LogP contribution in [0.1, 0.15) is 77.1 Å². The van der Waals surface area contributed by atoms with Gasteiger partial charge in [-0.1, -0.05) is 90.1 Å². The van der Waals surface area contributed by atoms with Crippen molar-refractivity contribution in [2.45, 2.75) is 72.6 Å². The molecular weight excluding hydrogens is 460 g/mol. The highest BCUT2D eigenvalue weighted by Crippen LogP contribution is 2.28. The zero-order chi connectivity index (χ0) is 27.2. The fourth-order valence-corrected chi connectivity index (χ4v) is 4.32. The summed E-state index contributed by atoms with van der Waals surface area (Å²) in [4.78, 5) is 28.8. The molecule has 0 aliphatic carbocycles. The maximum atomic E-state index is 13.7. The summed E-state index contributed by atoms with van der Waals surface area (Å²) in [5, 5.41) is 7.91. The molecule has 3 rings (SSSR count). The highest BCUT2D eigenvalue weighted by Gasteiger charge is 2.27. The molecule has 0 spiro atoms.